The van der Waals surface area contributed by atoms with Gasteiger partial charge in [0.1, 0.15) is 0 Å². The Hall–Kier alpha value is -2.79. The quantitative estimate of drug-likeness (QED) is 0.206. The van der Waals surface area contributed by atoms with Gasteiger partial charge in [-0.2, -0.15) is 0 Å². The second kappa shape index (κ2) is 16.1. The van der Waals surface area contributed by atoms with Crippen LogP contribution in [0.3, 0.4) is 0 Å². The number of ether oxygens (including phenoxy) is 4. The smallest absolute Gasteiger partial charge is 0.338 e. The van der Waals surface area contributed by atoms with E-state index in [1.165, 1.54) is 0 Å². The van der Waals surface area contributed by atoms with Crippen LogP contribution >= 0.6 is 0 Å². The summed E-state index contributed by atoms with van der Waals surface area (Å²) in [5.74, 6) is 6.31. The maximum Gasteiger partial charge on any atom is 0.338 e. The first-order chi connectivity index (χ1) is 14.7. The van der Waals surface area contributed by atoms with Crippen molar-refractivity contribution in [1.29, 1.82) is 0 Å². The minimum atomic E-state index is -0.409. The summed E-state index contributed by atoms with van der Waals surface area (Å²) >= 11 is 0. The van der Waals surface area contributed by atoms with E-state index in [0.29, 0.717) is 62.1 Å². The molecule has 0 fully saturated rings. The maximum atomic E-state index is 12.4. The predicted molar refractivity (Wildman–Crippen MR) is 119 cm³/mol. The molecule has 0 bridgehead atoms. The normalized spacial score (nSPS) is 10.0. The van der Waals surface area contributed by atoms with E-state index >= 15 is 0 Å². The van der Waals surface area contributed by atoms with Gasteiger partial charge in [-0.15, -0.1) is 24.7 Å². The molecule has 0 heterocycles. The van der Waals surface area contributed by atoms with Crippen molar-refractivity contribution >= 4 is 5.97 Å². The van der Waals surface area contributed by atoms with E-state index in [2.05, 4.69) is 11.8 Å². The molecular weight excluding hydrogens is 380 g/mol. The highest BCUT2D eigenvalue weighted by Gasteiger charge is 2.19. The van der Waals surface area contributed by atoms with Crippen molar-refractivity contribution < 1.29 is 23.7 Å². The standard InChI is InChI=1S/C25H34O5/c1-5-9-11-13-17-27-22-19-21(25(26)30-16-8-4)20-23(24(22)29-15-7-3)28-18-14-12-10-6-2/h1-2,19-20H,7-18H2,3-4H3. The zero-order chi connectivity index (χ0) is 22.0. The second-order valence-electron chi connectivity index (χ2n) is 6.81. The Labute approximate surface area is 181 Å². The highest BCUT2D eigenvalue weighted by molar-refractivity contribution is 5.91. The van der Waals surface area contributed by atoms with Gasteiger partial charge in [-0.05, 0) is 50.7 Å². The zero-order valence-corrected chi connectivity index (χ0v) is 18.3. The molecule has 0 aliphatic carbocycles. The monoisotopic (exact) mass is 414 g/mol. The van der Waals surface area contributed by atoms with Crippen molar-refractivity contribution in [1.82, 2.24) is 0 Å². The summed E-state index contributed by atoms with van der Waals surface area (Å²) in [4.78, 5) is 12.4. The summed E-state index contributed by atoms with van der Waals surface area (Å²) in [6, 6.07) is 3.32. The average Bonchev–Trinajstić information content (AvgIpc) is 2.76. The third kappa shape index (κ3) is 9.61. The molecule has 0 aliphatic rings. The Morgan fingerprint density at radius 1 is 0.800 bits per heavy atom. The third-order valence-electron chi connectivity index (χ3n) is 4.09. The number of terminal acetylenes is 2. The van der Waals surface area contributed by atoms with Crippen LogP contribution in [0.1, 0.15) is 75.6 Å². The maximum absolute atomic E-state index is 12.4. The molecule has 0 aliphatic heterocycles. The van der Waals surface area contributed by atoms with Crippen LogP contribution in [0.15, 0.2) is 12.1 Å². The molecule has 0 aromatic heterocycles. The minimum Gasteiger partial charge on any atom is -0.490 e. The molecule has 0 N–H and O–H groups in total. The largest absolute Gasteiger partial charge is 0.490 e. The van der Waals surface area contributed by atoms with Gasteiger partial charge in [-0.25, -0.2) is 4.79 Å². The van der Waals surface area contributed by atoms with Gasteiger partial charge < -0.3 is 18.9 Å². The lowest BCUT2D eigenvalue weighted by molar-refractivity contribution is 0.0504. The van der Waals surface area contributed by atoms with E-state index < -0.39 is 5.97 Å². The summed E-state index contributed by atoms with van der Waals surface area (Å²) < 4.78 is 23.1. The fourth-order valence-electron chi connectivity index (χ4n) is 2.56. The second-order valence-corrected chi connectivity index (χ2v) is 6.81. The van der Waals surface area contributed by atoms with Crippen molar-refractivity contribution in [3.8, 4) is 41.9 Å². The first-order valence-corrected chi connectivity index (χ1v) is 10.8. The lowest BCUT2D eigenvalue weighted by atomic mass is 10.1. The minimum absolute atomic E-state index is 0.359. The Morgan fingerprint density at radius 3 is 1.80 bits per heavy atom. The molecule has 30 heavy (non-hydrogen) atoms. The number of carbonyl (C=O) groups excluding carboxylic acids is 1. The van der Waals surface area contributed by atoms with Crippen LogP contribution < -0.4 is 14.2 Å². The van der Waals surface area contributed by atoms with Gasteiger partial charge in [0.2, 0.25) is 5.75 Å². The number of unbranched alkanes of at least 4 members (excludes halogenated alkanes) is 4. The molecule has 0 amide bonds. The fourth-order valence-corrected chi connectivity index (χ4v) is 2.56. The van der Waals surface area contributed by atoms with Gasteiger partial charge in [0.25, 0.3) is 0 Å². The molecule has 5 nitrogen and oxygen atoms in total. The lowest BCUT2D eigenvalue weighted by Crippen LogP contribution is -2.10. The number of benzene rings is 1. The first-order valence-electron chi connectivity index (χ1n) is 10.8. The Morgan fingerprint density at radius 2 is 1.33 bits per heavy atom. The highest BCUT2D eigenvalue weighted by Crippen LogP contribution is 2.39. The zero-order valence-electron chi connectivity index (χ0n) is 18.3. The molecule has 1 aromatic carbocycles. The van der Waals surface area contributed by atoms with Crippen LogP contribution in [0.25, 0.3) is 0 Å². The summed E-state index contributed by atoms with van der Waals surface area (Å²) in [6.45, 7) is 5.79. The summed E-state index contributed by atoms with van der Waals surface area (Å²) in [7, 11) is 0. The number of rotatable bonds is 16. The van der Waals surface area contributed by atoms with Crippen LogP contribution in [0.5, 0.6) is 17.2 Å². The Kier molecular flexibility index (Phi) is 13.5. The SMILES string of the molecule is C#CCCCCOc1cc(C(=O)OCCC)cc(OCCCCC#C)c1OCCC. The molecular formula is C25H34O5. The van der Waals surface area contributed by atoms with Crippen molar-refractivity contribution in [2.45, 2.75) is 65.2 Å². The first kappa shape index (κ1) is 25.2. The van der Waals surface area contributed by atoms with Crippen molar-refractivity contribution in [3.63, 3.8) is 0 Å². The predicted octanol–water partition coefficient (Wildman–Crippen LogP) is 5.41. The molecule has 0 spiro atoms. The van der Waals surface area contributed by atoms with Crippen LogP contribution in [0.4, 0.5) is 0 Å². The summed E-state index contributed by atoms with van der Waals surface area (Å²) in [5, 5.41) is 0. The molecule has 0 saturated carbocycles. The highest BCUT2D eigenvalue weighted by atomic mass is 16.5. The van der Waals surface area contributed by atoms with E-state index in [4.69, 9.17) is 31.8 Å². The molecule has 0 unspecified atom stereocenters. The molecule has 0 saturated heterocycles. The van der Waals surface area contributed by atoms with Crippen molar-refractivity contribution in [2.75, 3.05) is 26.4 Å². The van der Waals surface area contributed by atoms with Gasteiger partial charge >= 0.3 is 5.97 Å². The molecule has 1 rings (SSSR count). The number of carbonyl (C=O) groups is 1. The molecule has 1 aromatic rings. The summed E-state index contributed by atoms with van der Waals surface area (Å²) in [6.07, 6.45) is 17.0. The van der Waals surface area contributed by atoms with E-state index in [1.807, 2.05) is 13.8 Å². The average molecular weight is 415 g/mol. The van der Waals surface area contributed by atoms with Crippen molar-refractivity contribution in [2.24, 2.45) is 0 Å². The van der Waals surface area contributed by atoms with Gasteiger partial charge in [-0.1, -0.05) is 13.8 Å². The number of hydrogen-bond donors (Lipinski definition) is 0. The molecule has 0 radical (unpaired) electrons. The van der Waals surface area contributed by atoms with E-state index in [1.54, 1.807) is 12.1 Å². The van der Waals surface area contributed by atoms with Crippen LogP contribution in [0.2, 0.25) is 0 Å². The van der Waals surface area contributed by atoms with Gasteiger partial charge in [0.15, 0.2) is 11.5 Å². The van der Waals surface area contributed by atoms with Crippen LogP contribution in [0, 0.1) is 24.7 Å². The lowest BCUT2D eigenvalue weighted by Gasteiger charge is -2.18. The number of esters is 1. The topological polar surface area (TPSA) is 54.0 Å². The van der Waals surface area contributed by atoms with E-state index in [-0.39, 0.29) is 0 Å². The Balaban J connectivity index is 3.06. The van der Waals surface area contributed by atoms with E-state index in [0.717, 1.165) is 38.5 Å². The van der Waals surface area contributed by atoms with Gasteiger partial charge in [0.05, 0.1) is 32.0 Å². The van der Waals surface area contributed by atoms with Gasteiger partial charge in [0, 0.05) is 12.8 Å². The van der Waals surface area contributed by atoms with Gasteiger partial charge in [-0.3, -0.25) is 0 Å². The van der Waals surface area contributed by atoms with E-state index in [9.17, 15) is 4.79 Å². The number of hydrogen-bond acceptors (Lipinski definition) is 5. The molecule has 0 atom stereocenters. The molecule has 164 valence electrons. The van der Waals surface area contributed by atoms with Crippen LogP contribution in [-0.4, -0.2) is 32.4 Å². The van der Waals surface area contributed by atoms with Crippen LogP contribution in [-0.2, 0) is 4.74 Å². The third-order valence-corrected chi connectivity index (χ3v) is 4.09. The van der Waals surface area contributed by atoms with Crippen molar-refractivity contribution in [3.05, 3.63) is 17.7 Å². The summed E-state index contributed by atoms with van der Waals surface area (Å²) in [5.41, 5.74) is 0.379. The fraction of sp³-hybridized carbons (Fsp3) is 0.560. The Bertz CT molecular complexity index is 666. The molecule has 5 heteroatoms.